The zero-order chi connectivity index (χ0) is 14.9. The lowest BCUT2D eigenvalue weighted by atomic mass is 9.89. The molecule has 0 aliphatic carbocycles. The fourth-order valence-corrected chi connectivity index (χ4v) is 3.63. The van der Waals surface area contributed by atoms with Gasteiger partial charge in [-0.05, 0) is 30.5 Å². The number of hydrogen-bond acceptors (Lipinski definition) is 3. The molecule has 22 heavy (non-hydrogen) atoms. The number of nitrogens with one attached hydrogen (secondary N) is 1. The molecule has 3 nitrogen and oxygen atoms in total. The van der Waals surface area contributed by atoms with Crippen molar-refractivity contribution in [3.05, 3.63) is 34.6 Å². The zero-order valence-electron chi connectivity index (χ0n) is 12.8. The van der Waals surface area contributed by atoms with Gasteiger partial charge in [0, 0.05) is 36.8 Å². The van der Waals surface area contributed by atoms with Crippen LogP contribution in [0, 0.1) is 11.2 Å². The van der Waals surface area contributed by atoms with Gasteiger partial charge in [-0.25, -0.2) is 4.39 Å². The number of hydrogen-bond donors (Lipinski definition) is 1. The summed E-state index contributed by atoms with van der Waals surface area (Å²) < 4.78 is 19.0. The Balaban J connectivity index is 0.00000176. The second-order valence-electron chi connectivity index (χ2n) is 6.50. The van der Waals surface area contributed by atoms with Crippen molar-refractivity contribution in [2.45, 2.75) is 19.4 Å². The molecule has 2 heterocycles. The molecule has 2 saturated heterocycles. The van der Waals surface area contributed by atoms with Gasteiger partial charge < -0.3 is 10.1 Å². The number of rotatable bonds is 3. The first-order valence-corrected chi connectivity index (χ1v) is 7.93. The molecule has 1 aromatic carbocycles. The topological polar surface area (TPSA) is 24.5 Å². The van der Waals surface area contributed by atoms with Gasteiger partial charge in [-0.1, -0.05) is 24.6 Å². The highest BCUT2D eigenvalue weighted by Gasteiger charge is 2.33. The Morgan fingerprint density at radius 3 is 3.00 bits per heavy atom. The fraction of sp³-hybridized carbons (Fsp3) is 0.625. The smallest absolute Gasteiger partial charge is 0.124 e. The van der Waals surface area contributed by atoms with E-state index in [2.05, 4.69) is 17.1 Å². The van der Waals surface area contributed by atoms with Crippen molar-refractivity contribution in [2.75, 3.05) is 39.3 Å². The molecule has 0 aromatic heterocycles. The summed E-state index contributed by atoms with van der Waals surface area (Å²) in [4.78, 5) is 2.45. The van der Waals surface area contributed by atoms with Gasteiger partial charge in [0.2, 0.25) is 0 Å². The largest absolute Gasteiger partial charge is 0.371 e. The van der Waals surface area contributed by atoms with E-state index in [1.165, 1.54) is 18.6 Å². The summed E-state index contributed by atoms with van der Waals surface area (Å²) in [5.41, 5.74) is 1.23. The van der Waals surface area contributed by atoms with Crippen LogP contribution in [0.25, 0.3) is 0 Å². The van der Waals surface area contributed by atoms with Gasteiger partial charge >= 0.3 is 0 Å². The lowest BCUT2D eigenvalue weighted by molar-refractivity contribution is -0.0400. The third kappa shape index (κ3) is 4.12. The van der Waals surface area contributed by atoms with Crippen LogP contribution in [0.4, 0.5) is 4.39 Å². The predicted octanol–water partition coefficient (Wildman–Crippen LogP) is 3.27. The minimum Gasteiger partial charge on any atom is -0.371 e. The van der Waals surface area contributed by atoms with Crippen LogP contribution in [0.2, 0.25) is 5.02 Å². The molecule has 2 fully saturated rings. The number of nitrogens with zero attached hydrogens (tertiary/aromatic N) is 1. The van der Waals surface area contributed by atoms with Crippen LogP contribution in [0.5, 0.6) is 0 Å². The minimum absolute atomic E-state index is 0. The Morgan fingerprint density at radius 1 is 1.50 bits per heavy atom. The van der Waals surface area contributed by atoms with Gasteiger partial charge in [0.05, 0.1) is 12.7 Å². The van der Waals surface area contributed by atoms with Crippen molar-refractivity contribution >= 4 is 24.0 Å². The maximum absolute atomic E-state index is 13.2. The molecular formula is C16H23Cl2FN2O. The molecule has 2 aliphatic rings. The van der Waals surface area contributed by atoms with Crippen molar-refractivity contribution in [3.8, 4) is 0 Å². The average Bonchev–Trinajstić information content (AvgIpc) is 2.85. The van der Waals surface area contributed by atoms with Crippen LogP contribution in [0.15, 0.2) is 18.2 Å². The highest BCUT2D eigenvalue weighted by Crippen LogP contribution is 2.32. The van der Waals surface area contributed by atoms with Crippen LogP contribution >= 0.6 is 24.0 Å². The summed E-state index contributed by atoms with van der Waals surface area (Å²) in [5.74, 6) is -0.305. The van der Waals surface area contributed by atoms with Crippen LogP contribution in [0.3, 0.4) is 0 Å². The molecule has 2 atom stereocenters. The van der Waals surface area contributed by atoms with E-state index in [9.17, 15) is 4.39 Å². The summed E-state index contributed by atoms with van der Waals surface area (Å²) in [6.45, 7) is 8.05. The van der Waals surface area contributed by atoms with E-state index in [0.29, 0.717) is 17.0 Å². The van der Waals surface area contributed by atoms with Gasteiger partial charge in [0.15, 0.2) is 0 Å². The predicted molar refractivity (Wildman–Crippen MR) is 89.4 cm³/mol. The van der Waals surface area contributed by atoms with Crippen molar-refractivity contribution < 1.29 is 9.13 Å². The molecule has 3 rings (SSSR count). The maximum atomic E-state index is 13.2. The first kappa shape index (κ1) is 18.0. The third-order valence-corrected chi connectivity index (χ3v) is 4.85. The molecule has 6 heteroatoms. The van der Waals surface area contributed by atoms with Gasteiger partial charge in [-0.15, -0.1) is 12.4 Å². The first-order chi connectivity index (χ1) is 10.1. The van der Waals surface area contributed by atoms with Gasteiger partial charge in [-0.2, -0.15) is 0 Å². The molecule has 1 aromatic rings. The number of halogens is 3. The third-order valence-electron chi connectivity index (χ3n) is 4.52. The van der Waals surface area contributed by atoms with E-state index < -0.39 is 0 Å². The van der Waals surface area contributed by atoms with Crippen molar-refractivity contribution in [1.29, 1.82) is 0 Å². The summed E-state index contributed by atoms with van der Waals surface area (Å²) in [6, 6.07) is 4.55. The van der Waals surface area contributed by atoms with E-state index in [4.69, 9.17) is 16.3 Å². The minimum atomic E-state index is -0.305. The average molecular weight is 349 g/mol. The highest BCUT2D eigenvalue weighted by molar-refractivity contribution is 6.31. The molecule has 1 N–H and O–H groups in total. The van der Waals surface area contributed by atoms with Gasteiger partial charge in [0.25, 0.3) is 0 Å². The normalized spacial score (nSPS) is 29.3. The van der Waals surface area contributed by atoms with E-state index >= 15 is 0 Å². The molecule has 2 unspecified atom stereocenters. The molecule has 0 spiro atoms. The zero-order valence-corrected chi connectivity index (χ0v) is 14.4. The summed E-state index contributed by atoms with van der Waals surface area (Å²) in [6.07, 6.45) is 1.15. The highest BCUT2D eigenvalue weighted by atomic mass is 35.5. The molecule has 2 aliphatic heterocycles. The van der Waals surface area contributed by atoms with E-state index in [-0.39, 0.29) is 24.3 Å². The molecule has 124 valence electrons. The van der Waals surface area contributed by atoms with E-state index in [0.717, 1.165) is 38.3 Å². The second-order valence-corrected chi connectivity index (χ2v) is 6.91. The molecule has 0 bridgehead atoms. The van der Waals surface area contributed by atoms with Gasteiger partial charge in [0.1, 0.15) is 5.82 Å². The Bertz CT molecular complexity index is 509. The maximum Gasteiger partial charge on any atom is 0.124 e. The summed E-state index contributed by atoms with van der Waals surface area (Å²) in [5, 5.41) is 3.89. The summed E-state index contributed by atoms with van der Waals surface area (Å²) in [7, 11) is 0. The monoisotopic (exact) mass is 348 g/mol. The second kappa shape index (κ2) is 7.45. The van der Waals surface area contributed by atoms with Gasteiger partial charge in [-0.3, -0.25) is 4.90 Å². The SMILES string of the molecule is CC1(CN2CCOC(c3ccc(F)cc3Cl)C2)CCNC1.Cl. The van der Waals surface area contributed by atoms with Crippen LogP contribution < -0.4 is 5.32 Å². The number of morpholine rings is 1. The quantitative estimate of drug-likeness (QED) is 0.907. The van der Waals surface area contributed by atoms with Crippen LogP contribution in [-0.2, 0) is 4.74 Å². The Hall–Kier alpha value is -0.390. The summed E-state index contributed by atoms with van der Waals surface area (Å²) >= 11 is 6.16. The Morgan fingerprint density at radius 2 is 2.32 bits per heavy atom. The number of ether oxygens (including phenoxy) is 1. The van der Waals surface area contributed by atoms with E-state index in [1.807, 2.05) is 0 Å². The first-order valence-electron chi connectivity index (χ1n) is 7.55. The lowest BCUT2D eigenvalue weighted by Gasteiger charge is -2.38. The molecule has 0 saturated carbocycles. The number of benzene rings is 1. The Labute approximate surface area is 142 Å². The van der Waals surface area contributed by atoms with Crippen molar-refractivity contribution in [3.63, 3.8) is 0 Å². The standard InChI is InChI=1S/C16H22ClFN2O.ClH/c1-16(4-5-19-10-16)11-20-6-7-21-15(9-20)13-3-2-12(18)8-14(13)17;/h2-3,8,15,19H,4-7,9-11H2,1H3;1H. The molecule has 0 radical (unpaired) electrons. The van der Waals surface area contributed by atoms with Crippen molar-refractivity contribution in [2.24, 2.45) is 5.41 Å². The van der Waals surface area contributed by atoms with Crippen LogP contribution in [-0.4, -0.2) is 44.2 Å². The van der Waals surface area contributed by atoms with Crippen LogP contribution in [0.1, 0.15) is 25.0 Å². The fourth-order valence-electron chi connectivity index (χ4n) is 3.34. The van der Waals surface area contributed by atoms with E-state index in [1.54, 1.807) is 6.07 Å². The lowest BCUT2D eigenvalue weighted by Crippen LogP contribution is -2.44. The molecule has 0 amide bonds. The molecular weight excluding hydrogens is 326 g/mol. The van der Waals surface area contributed by atoms with Crippen molar-refractivity contribution in [1.82, 2.24) is 10.2 Å². The Kier molecular flexibility index (Phi) is 6.08.